The molecule has 138 valence electrons. The van der Waals surface area contributed by atoms with Gasteiger partial charge in [-0.25, -0.2) is 0 Å². The van der Waals surface area contributed by atoms with Gasteiger partial charge in [0.15, 0.2) is 5.11 Å². The van der Waals surface area contributed by atoms with Crippen LogP contribution in [0.15, 0.2) is 24.3 Å². The van der Waals surface area contributed by atoms with Gasteiger partial charge in [-0.15, -0.1) is 0 Å². The smallest absolute Gasteiger partial charge is 0.226 e. The molecule has 1 saturated heterocycles. The van der Waals surface area contributed by atoms with Crippen molar-refractivity contribution in [2.45, 2.75) is 39.5 Å². The van der Waals surface area contributed by atoms with Crippen LogP contribution in [0.4, 0.5) is 11.4 Å². The zero-order chi connectivity index (χ0) is 18.1. The topological polar surface area (TPSA) is 48.8 Å². The van der Waals surface area contributed by atoms with Crippen molar-refractivity contribution in [1.29, 1.82) is 0 Å². The molecule has 0 spiro atoms. The Morgan fingerprint density at radius 1 is 1.16 bits per heavy atom. The molecule has 1 aromatic carbocycles. The lowest BCUT2D eigenvalue weighted by molar-refractivity contribution is -0.898. The average Bonchev–Trinajstić information content (AvgIpc) is 2.62. The van der Waals surface area contributed by atoms with Crippen molar-refractivity contribution < 1.29 is 9.69 Å². The Bertz CT molecular complexity index is 553. The van der Waals surface area contributed by atoms with Crippen molar-refractivity contribution in [3.63, 3.8) is 0 Å². The van der Waals surface area contributed by atoms with E-state index in [4.69, 9.17) is 12.2 Å². The SMILES string of the molecule is CCCCCC(=O)NC(=S)Nc1ccc(N2CC[NH+](CC)CC2)cc1. The second-order valence-electron chi connectivity index (χ2n) is 6.60. The summed E-state index contributed by atoms with van der Waals surface area (Å²) in [5.74, 6) is -0.0149. The molecule has 2 rings (SSSR count). The number of likely N-dealkylation sites (N-methyl/N-ethyl adjacent to an activating group) is 1. The Hall–Kier alpha value is -1.66. The van der Waals surface area contributed by atoms with E-state index in [-0.39, 0.29) is 5.91 Å². The Morgan fingerprint density at radius 3 is 2.44 bits per heavy atom. The van der Waals surface area contributed by atoms with E-state index in [1.165, 1.54) is 25.3 Å². The molecule has 3 N–H and O–H groups in total. The molecule has 0 unspecified atom stereocenters. The highest BCUT2D eigenvalue weighted by molar-refractivity contribution is 7.80. The average molecular weight is 364 g/mol. The Kier molecular flexibility index (Phi) is 8.15. The number of benzene rings is 1. The van der Waals surface area contributed by atoms with Crippen LogP contribution in [-0.4, -0.2) is 43.7 Å². The molecule has 1 amide bonds. The fourth-order valence-electron chi connectivity index (χ4n) is 3.08. The molecule has 0 atom stereocenters. The summed E-state index contributed by atoms with van der Waals surface area (Å²) in [5, 5.41) is 6.20. The molecule has 0 bridgehead atoms. The van der Waals surface area contributed by atoms with Crippen molar-refractivity contribution in [2.24, 2.45) is 0 Å². The summed E-state index contributed by atoms with van der Waals surface area (Å²) in [5.41, 5.74) is 2.15. The van der Waals surface area contributed by atoms with Gasteiger partial charge in [0.05, 0.1) is 32.7 Å². The molecule has 6 heteroatoms. The molecule has 0 saturated carbocycles. The number of piperazine rings is 1. The third kappa shape index (κ3) is 6.63. The van der Waals surface area contributed by atoms with Crippen LogP contribution in [0.25, 0.3) is 0 Å². The highest BCUT2D eigenvalue weighted by atomic mass is 32.1. The Morgan fingerprint density at radius 2 is 1.84 bits per heavy atom. The zero-order valence-electron chi connectivity index (χ0n) is 15.4. The number of hydrogen-bond donors (Lipinski definition) is 3. The first kappa shape index (κ1) is 19.7. The third-order valence-electron chi connectivity index (χ3n) is 4.72. The Balaban J connectivity index is 1.78. The fourth-order valence-corrected chi connectivity index (χ4v) is 3.31. The summed E-state index contributed by atoms with van der Waals surface area (Å²) in [6.07, 6.45) is 3.62. The second-order valence-corrected chi connectivity index (χ2v) is 7.01. The maximum atomic E-state index is 11.8. The highest BCUT2D eigenvalue weighted by Gasteiger charge is 2.18. The summed E-state index contributed by atoms with van der Waals surface area (Å²) < 4.78 is 0. The minimum Gasteiger partial charge on any atom is -0.360 e. The maximum absolute atomic E-state index is 11.8. The van der Waals surface area contributed by atoms with Gasteiger partial charge in [0.1, 0.15) is 0 Å². The standard InChI is InChI=1S/C19H30N4OS/c1-3-5-6-7-18(24)21-19(25)20-16-8-10-17(11-9-16)23-14-12-22(4-2)13-15-23/h8-11H,3-7,12-15H2,1-2H3,(H2,20,21,24,25)/p+1. The first-order valence-electron chi connectivity index (χ1n) is 9.41. The van der Waals surface area contributed by atoms with Gasteiger partial charge in [-0.1, -0.05) is 19.8 Å². The lowest BCUT2D eigenvalue weighted by Gasteiger charge is -2.33. The van der Waals surface area contributed by atoms with Crippen LogP contribution in [0.5, 0.6) is 0 Å². The summed E-state index contributed by atoms with van der Waals surface area (Å²) >= 11 is 5.22. The summed E-state index contributed by atoms with van der Waals surface area (Å²) in [4.78, 5) is 15.9. The molecule has 1 aliphatic heterocycles. The van der Waals surface area contributed by atoms with Crippen LogP contribution >= 0.6 is 12.2 Å². The highest BCUT2D eigenvalue weighted by Crippen LogP contribution is 2.18. The van der Waals surface area contributed by atoms with Gasteiger partial charge >= 0.3 is 0 Å². The number of carbonyl (C=O) groups excluding carboxylic acids is 1. The van der Waals surface area contributed by atoms with Gasteiger partial charge in [0.25, 0.3) is 0 Å². The monoisotopic (exact) mass is 363 g/mol. The minimum atomic E-state index is -0.0149. The molecular formula is C19H31N4OS+. The van der Waals surface area contributed by atoms with E-state index in [0.29, 0.717) is 11.5 Å². The van der Waals surface area contributed by atoms with Crippen LogP contribution < -0.4 is 20.4 Å². The lowest BCUT2D eigenvalue weighted by Crippen LogP contribution is -3.14. The van der Waals surface area contributed by atoms with Crippen molar-refractivity contribution >= 4 is 34.6 Å². The van der Waals surface area contributed by atoms with E-state index in [9.17, 15) is 4.79 Å². The second kappa shape index (κ2) is 10.4. The van der Waals surface area contributed by atoms with Crippen molar-refractivity contribution in [1.82, 2.24) is 5.32 Å². The molecule has 25 heavy (non-hydrogen) atoms. The van der Waals surface area contributed by atoms with E-state index < -0.39 is 0 Å². The number of anilines is 2. The molecule has 1 heterocycles. The summed E-state index contributed by atoms with van der Waals surface area (Å²) in [6, 6.07) is 8.27. The largest absolute Gasteiger partial charge is 0.360 e. The number of hydrogen-bond acceptors (Lipinski definition) is 3. The minimum absolute atomic E-state index is 0.0149. The fraction of sp³-hybridized carbons (Fsp3) is 0.579. The van der Waals surface area contributed by atoms with Gasteiger partial charge in [0.2, 0.25) is 5.91 Å². The Labute approximate surface area is 156 Å². The van der Waals surface area contributed by atoms with Gasteiger partial charge in [-0.05, 0) is 49.8 Å². The molecule has 0 aromatic heterocycles. The molecule has 0 aliphatic carbocycles. The van der Waals surface area contributed by atoms with E-state index in [2.05, 4.69) is 41.5 Å². The van der Waals surface area contributed by atoms with Crippen molar-refractivity contribution in [2.75, 3.05) is 42.9 Å². The zero-order valence-corrected chi connectivity index (χ0v) is 16.3. The molecule has 5 nitrogen and oxygen atoms in total. The number of carbonyl (C=O) groups is 1. The number of amides is 1. The number of quaternary nitrogens is 1. The first-order valence-corrected chi connectivity index (χ1v) is 9.82. The van der Waals surface area contributed by atoms with Crippen LogP contribution in [0, 0.1) is 0 Å². The number of nitrogens with one attached hydrogen (secondary N) is 3. The predicted molar refractivity (Wildman–Crippen MR) is 108 cm³/mol. The van der Waals surface area contributed by atoms with Gasteiger partial charge < -0.3 is 20.4 Å². The number of unbranched alkanes of at least 4 members (excludes halogenated alkanes) is 2. The summed E-state index contributed by atoms with van der Waals surface area (Å²) in [7, 11) is 0. The van der Waals surface area contributed by atoms with Crippen molar-refractivity contribution in [3.05, 3.63) is 24.3 Å². The number of rotatable bonds is 7. The van der Waals surface area contributed by atoms with Gasteiger partial charge in [0, 0.05) is 17.8 Å². The molecule has 1 aromatic rings. The van der Waals surface area contributed by atoms with Crippen LogP contribution in [0.3, 0.4) is 0 Å². The van der Waals surface area contributed by atoms with Gasteiger partial charge in [-0.3, -0.25) is 4.79 Å². The van der Waals surface area contributed by atoms with Crippen molar-refractivity contribution in [3.8, 4) is 0 Å². The molecule has 0 radical (unpaired) electrons. The molecular weight excluding hydrogens is 332 g/mol. The van der Waals surface area contributed by atoms with E-state index in [1.807, 2.05) is 12.1 Å². The van der Waals surface area contributed by atoms with Crippen LogP contribution in [0.1, 0.15) is 39.5 Å². The molecule has 1 fully saturated rings. The molecule has 1 aliphatic rings. The van der Waals surface area contributed by atoms with Crippen LogP contribution in [-0.2, 0) is 4.79 Å². The third-order valence-corrected chi connectivity index (χ3v) is 4.93. The first-order chi connectivity index (χ1) is 12.1. The summed E-state index contributed by atoms with van der Waals surface area (Å²) in [6.45, 7) is 10.2. The number of thiocarbonyl (C=S) groups is 1. The lowest BCUT2D eigenvalue weighted by atomic mass is 10.2. The normalized spacial score (nSPS) is 15.0. The van der Waals surface area contributed by atoms with E-state index >= 15 is 0 Å². The van der Waals surface area contributed by atoms with E-state index in [0.717, 1.165) is 38.0 Å². The van der Waals surface area contributed by atoms with E-state index in [1.54, 1.807) is 4.90 Å². The van der Waals surface area contributed by atoms with Gasteiger partial charge in [-0.2, -0.15) is 0 Å². The maximum Gasteiger partial charge on any atom is 0.226 e. The van der Waals surface area contributed by atoms with Crippen LogP contribution in [0.2, 0.25) is 0 Å². The number of nitrogens with zero attached hydrogens (tertiary/aromatic N) is 1. The quantitative estimate of drug-likeness (QED) is 0.511. The predicted octanol–water partition coefficient (Wildman–Crippen LogP) is 1.80.